The van der Waals surface area contributed by atoms with Crippen LogP contribution in [0.2, 0.25) is 6.82 Å². The van der Waals surface area contributed by atoms with Crippen LogP contribution in [-0.4, -0.2) is 22.3 Å². The van der Waals surface area contributed by atoms with Gasteiger partial charge in [-0.05, 0) is 6.92 Å². The van der Waals surface area contributed by atoms with Gasteiger partial charge in [-0.1, -0.05) is 12.0 Å². The summed E-state index contributed by atoms with van der Waals surface area (Å²) < 4.78 is 1.68. The van der Waals surface area contributed by atoms with Gasteiger partial charge in [0.2, 0.25) is 0 Å². The molecule has 0 aliphatic carbocycles. The molecule has 0 aliphatic rings. The molecule has 1 aromatic rings. The minimum Gasteiger partial charge on any atom is -0.304 e. The van der Waals surface area contributed by atoms with E-state index in [-0.39, 0.29) is 0 Å². The predicted octanol–water partition coefficient (Wildman–Crippen LogP) is 0.102. The van der Waals surface area contributed by atoms with Crippen molar-refractivity contribution in [2.75, 3.05) is 0 Å². The second-order valence-electron chi connectivity index (χ2n) is 1.60. The van der Waals surface area contributed by atoms with Crippen LogP contribution in [0.1, 0.15) is 5.69 Å². The Morgan fingerprint density at radius 2 is 2.50 bits per heavy atom. The fourth-order valence-corrected chi connectivity index (χ4v) is 0.491. The highest BCUT2D eigenvalue weighted by Gasteiger charge is 1.89. The summed E-state index contributed by atoms with van der Waals surface area (Å²) in [5.74, 6) is 0. The highest BCUT2D eigenvalue weighted by molar-refractivity contribution is 6.30. The first kappa shape index (κ1) is 5.34. The molecule has 0 bridgehead atoms. The molecule has 1 heterocycles. The van der Waals surface area contributed by atoms with Gasteiger partial charge in [0, 0.05) is 6.20 Å². The highest BCUT2D eigenvalue weighted by Crippen LogP contribution is 1.84. The number of rotatable bonds is 1. The minimum atomic E-state index is 0.947. The Hall–Kier alpha value is -0.795. The third-order valence-corrected chi connectivity index (χ3v) is 0.889. The summed E-state index contributed by atoms with van der Waals surface area (Å²) in [4.78, 5) is 0. The molecule has 0 amide bonds. The summed E-state index contributed by atoms with van der Waals surface area (Å²) >= 11 is 0. The lowest BCUT2D eigenvalue weighted by atomic mass is 10.0. The number of hydrogen-bond acceptors (Lipinski definition) is 2. The molecular formula is C4H7BN3. The maximum atomic E-state index is 3.77. The van der Waals surface area contributed by atoms with E-state index in [1.807, 2.05) is 27.4 Å². The number of aryl methyl sites for hydroxylation is 1. The Balaban J connectivity index is 2.84. The number of aromatic nitrogens is 3. The topological polar surface area (TPSA) is 30.7 Å². The zero-order chi connectivity index (χ0) is 5.98. The van der Waals surface area contributed by atoms with Crippen LogP contribution in [0.3, 0.4) is 0 Å². The third kappa shape index (κ3) is 0.884. The van der Waals surface area contributed by atoms with E-state index < -0.39 is 0 Å². The summed E-state index contributed by atoms with van der Waals surface area (Å²) in [5, 5.41) is 7.51. The second kappa shape index (κ2) is 1.98. The molecule has 0 saturated carbocycles. The smallest absolute Gasteiger partial charge is 0.278 e. The van der Waals surface area contributed by atoms with Crippen LogP contribution < -0.4 is 0 Å². The van der Waals surface area contributed by atoms with Crippen LogP contribution >= 0.6 is 0 Å². The Kier molecular flexibility index (Phi) is 1.33. The van der Waals surface area contributed by atoms with E-state index in [1.54, 1.807) is 4.59 Å². The molecule has 0 spiro atoms. The van der Waals surface area contributed by atoms with Gasteiger partial charge in [0.05, 0.1) is 5.69 Å². The fourth-order valence-electron chi connectivity index (χ4n) is 0.491. The van der Waals surface area contributed by atoms with Gasteiger partial charge in [0.25, 0.3) is 7.41 Å². The van der Waals surface area contributed by atoms with Gasteiger partial charge in [-0.3, -0.25) is 0 Å². The molecule has 8 heavy (non-hydrogen) atoms. The van der Waals surface area contributed by atoms with Crippen LogP contribution in [0.4, 0.5) is 0 Å². The Labute approximate surface area is 49.0 Å². The van der Waals surface area contributed by atoms with Gasteiger partial charge in [-0.25, -0.2) is 0 Å². The van der Waals surface area contributed by atoms with Gasteiger partial charge < -0.3 is 4.59 Å². The van der Waals surface area contributed by atoms with Crippen molar-refractivity contribution in [2.24, 2.45) is 0 Å². The van der Waals surface area contributed by atoms with E-state index >= 15 is 0 Å². The molecule has 1 radical (unpaired) electrons. The zero-order valence-electron chi connectivity index (χ0n) is 5.00. The van der Waals surface area contributed by atoms with Crippen molar-refractivity contribution in [1.82, 2.24) is 14.9 Å². The van der Waals surface area contributed by atoms with Crippen molar-refractivity contribution in [3.63, 3.8) is 0 Å². The molecular weight excluding hydrogens is 101 g/mol. The average molecular weight is 108 g/mol. The van der Waals surface area contributed by atoms with Crippen LogP contribution in [0, 0.1) is 6.92 Å². The van der Waals surface area contributed by atoms with Gasteiger partial charge in [0.1, 0.15) is 0 Å². The minimum absolute atomic E-state index is 0.947. The first-order valence-electron chi connectivity index (χ1n) is 2.51. The maximum Gasteiger partial charge on any atom is 0.278 e. The molecule has 0 atom stereocenters. The molecule has 3 nitrogen and oxygen atoms in total. The summed E-state index contributed by atoms with van der Waals surface area (Å²) in [6.07, 6.45) is 1.86. The SMILES string of the molecule is C[B]n1cc(C)nn1. The lowest BCUT2D eigenvalue weighted by molar-refractivity contribution is 0.864. The lowest BCUT2D eigenvalue weighted by Gasteiger charge is -1.83. The molecule has 0 unspecified atom stereocenters. The Bertz CT molecular complexity index is 172. The van der Waals surface area contributed by atoms with Crippen LogP contribution in [0.25, 0.3) is 0 Å². The molecule has 0 fully saturated rings. The molecule has 1 rings (SSSR count). The van der Waals surface area contributed by atoms with E-state index in [9.17, 15) is 0 Å². The molecule has 4 heteroatoms. The van der Waals surface area contributed by atoms with Crippen molar-refractivity contribution in [1.29, 1.82) is 0 Å². The molecule has 1 aromatic heterocycles. The number of nitrogens with zero attached hydrogens (tertiary/aromatic N) is 3. The van der Waals surface area contributed by atoms with E-state index in [0.29, 0.717) is 0 Å². The Morgan fingerprint density at radius 3 is 2.75 bits per heavy atom. The molecule has 0 saturated heterocycles. The average Bonchev–Trinajstić information content (AvgIpc) is 2.14. The van der Waals surface area contributed by atoms with Crippen molar-refractivity contribution < 1.29 is 0 Å². The molecule has 0 aliphatic heterocycles. The van der Waals surface area contributed by atoms with Crippen molar-refractivity contribution in [2.45, 2.75) is 13.7 Å². The largest absolute Gasteiger partial charge is 0.304 e. The van der Waals surface area contributed by atoms with E-state index in [0.717, 1.165) is 5.69 Å². The van der Waals surface area contributed by atoms with Crippen molar-refractivity contribution in [3.05, 3.63) is 11.9 Å². The summed E-state index contributed by atoms with van der Waals surface area (Å²) in [5.41, 5.74) is 0.947. The monoisotopic (exact) mass is 108 g/mol. The van der Waals surface area contributed by atoms with E-state index in [2.05, 4.69) is 10.3 Å². The van der Waals surface area contributed by atoms with E-state index in [1.165, 1.54) is 0 Å². The summed E-state index contributed by atoms with van der Waals surface area (Å²) in [6, 6.07) is 0. The summed E-state index contributed by atoms with van der Waals surface area (Å²) in [6.45, 7) is 3.82. The first-order valence-corrected chi connectivity index (χ1v) is 2.51. The molecule has 0 N–H and O–H groups in total. The number of hydrogen-bond donors (Lipinski definition) is 0. The van der Waals surface area contributed by atoms with E-state index in [4.69, 9.17) is 0 Å². The molecule has 0 aromatic carbocycles. The van der Waals surface area contributed by atoms with Crippen LogP contribution in [-0.2, 0) is 0 Å². The van der Waals surface area contributed by atoms with Crippen LogP contribution in [0.5, 0.6) is 0 Å². The lowest BCUT2D eigenvalue weighted by Crippen LogP contribution is -2.00. The molecule has 41 valence electrons. The van der Waals surface area contributed by atoms with Gasteiger partial charge in [-0.15, -0.1) is 5.10 Å². The van der Waals surface area contributed by atoms with Crippen molar-refractivity contribution in [3.8, 4) is 0 Å². The van der Waals surface area contributed by atoms with Gasteiger partial charge in [0.15, 0.2) is 0 Å². The zero-order valence-corrected chi connectivity index (χ0v) is 5.00. The van der Waals surface area contributed by atoms with Gasteiger partial charge >= 0.3 is 0 Å². The fraction of sp³-hybridized carbons (Fsp3) is 0.500. The first-order chi connectivity index (χ1) is 3.83. The maximum absolute atomic E-state index is 3.77. The second-order valence-corrected chi connectivity index (χ2v) is 1.60. The van der Waals surface area contributed by atoms with Crippen molar-refractivity contribution >= 4 is 7.41 Å². The highest BCUT2D eigenvalue weighted by atomic mass is 15.4. The normalized spacial score (nSPS) is 9.25. The Morgan fingerprint density at radius 1 is 1.75 bits per heavy atom. The predicted molar refractivity (Wildman–Crippen MR) is 31.8 cm³/mol. The quantitative estimate of drug-likeness (QED) is 0.477. The standard InChI is InChI=1S/C4H7BN3/c1-4-3-8(5-2)7-6-4/h3H,1-2H3. The van der Waals surface area contributed by atoms with Crippen LogP contribution in [0.15, 0.2) is 6.20 Å². The summed E-state index contributed by atoms with van der Waals surface area (Å²) in [7, 11) is 1.85. The third-order valence-electron chi connectivity index (χ3n) is 0.889. The van der Waals surface area contributed by atoms with Gasteiger partial charge in [-0.2, -0.15) is 0 Å².